The molecule has 3 aromatic heterocycles. The molecule has 8 heteroatoms. The van der Waals surface area contributed by atoms with E-state index in [1.54, 1.807) is 19.5 Å². The lowest BCUT2D eigenvalue weighted by molar-refractivity contribution is 0.286. The molecule has 0 spiro atoms. The zero-order valence-corrected chi connectivity index (χ0v) is 17.1. The van der Waals surface area contributed by atoms with Gasteiger partial charge in [0.1, 0.15) is 11.6 Å². The molecule has 154 valence electrons. The first kappa shape index (κ1) is 19.6. The Hall–Kier alpha value is -3.68. The minimum absolute atomic E-state index is 0.262. The summed E-state index contributed by atoms with van der Waals surface area (Å²) in [6.07, 6.45) is 5.34. The zero-order valence-electron chi connectivity index (χ0n) is 17.1. The Labute approximate surface area is 174 Å². The Morgan fingerprint density at radius 3 is 2.67 bits per heavy atom. The second-order valence-electron chi connectivity index (χ2n) is 6.89. The second-order valence-corrected chi connectivity index (χ2v) is 6.89. The van der Waals surface area contributed by atoms with E-state index < -0.39 is 0 Å². The number of nitrogens with zero attached hydrogens (tertiary/aromatic N) is 5. The highest BCUT2D eigenvalue weighted by Crippen LogP contribution is 2.29. The maximum atomic E-state index is 6.22. The SMILES string of the molecule is CCCCOc1nc(N)c2nc(-c3cncc(OC)c3)n(Cc3ccccc3)c2n1. The van der Waals surface area contributed by atoms with Gasteiger partial charge in [-0.3, -0.25) is 4.98 Å². The number of benzene rings is 1. The van der Waals surface area contributed by atoms with Crippen molar-refractivity contribution in [3.05, 3.63) is 54.4 Å². The van der Waals surface area contributed by atoms with Crippen molar-refractivity contribution in [3.8, 4) is 23.1 Å². The number of unbranched alkanes of at least 4 members (excludes halogenated alkanes) is 1. The van der Waals surface area contributed by atoms with Crippen LogP contribution in [0, 0.1) is 0 Å². The quantitative estimate of drug-likeness (QED) is 0.447. The molecule has 0 fully saturated rings. The number of aromatic nitrogens is 5. The molecule has 2 N–H and O–H groups in total. The summed E-state index contributed by atoms with van der Waals surface area (Å²) in [5, 5.41) is 0. The number of nitrogen functional groups attached to an aromatic ring is 1. The molecular weight excluding hydrogens is 380 g/mol. The van der Waals surface area contributed by atoms with Crippen LogP contribution in [0.4, 0.5) is 5.82 Å². The monoisotopic (exact) mass is 404 g/mol. The summed E-state index contributed by atoms with van der Waals surface area (Å²) in [5.41, 5.74) is 9.29. The third-order valence-electron chi connectivity index (χ3n) is 4.72. The van der Waals surface area contributed by atoms with Crippen molar-refractivity contribution in [2.45, 2.75) is 26.3 Å². The molecule has 0 saturated carbocycles. The summed E-state index contributed by atoms with van der Waals surface area (Å²) in [7, 11) is 1.61. The van der Waals surface area contributed by atoms with Crippen LogP contribution in [0.1, 0.15) is 25.3 Å². The number of anilines is 1. The molecule has 0 aliphatic carbocycles. The summed E-state index contributed by atoms with van der Waals surface area (Å²) in [4.78, 5) is 17.9. The van der Waals surface area contributed by atoms with E-state index in [1.165, 1.54) is 0 Å². The van der Waals surface area contributed by atoms with Gasteiger partial charge in [-0.1, -0.05) is 43.7 Å². The first-order valence-corrected chi connectivity index (χ1v) is 9.89. The van der Waals surface area contributed by atoms with Crippen LogP contribution in [0.5, 0.6) is 11.8 Å². The molecule has 0 saturated heterocycles. The summed E-state index contributed by atoms with van der Waals surface area (Å²) >= 11 is 0. The van der Waals surface area contributed by atoms with Crippen LogP contribution in [0.15, 0.2) is 48.8 Å². The average Bonchev–Trinajstić information content (AvgIpc) is 3.14. The highest BCUT2D eigenvalue weighted by molar-refractivity contribution is 5.86. The van der Waals surface area contributed by atoms with Crippen LogP contribution < -0.4 is 15.2 Å². The summed E-state index contributed by atoms with van der Waals surface area (Å²) in [5.74, 6) is 1.62. The van der Waals surface area contributed by atoms with Crippen LogP contribution in [0.25, 0.3) is 22.6 Å². The van der Waals surface area contributed by atoms with E-state index >= 15 is 0 Å². The minimum atomic E-state index is 0.262. The smallest absolute Gasteiger partial charge is 0.320 e. The maximum Gasteiger partial charge on any atom is 0.320 e. The standard InChI is InChI=1S/C22H24N6O2/c1-3-4-10-30-22-26-19(23)18-21(27-22)28(14-15-8-6-5-7-9-15)20(25-18)16-11-17(29-2)13-24-12-16/h5-9,11-13H,3-4,10,14H2,1-2H3,(H2,23,26,27). The molecule has 3 heterocycles. The number of ether oxygens (including phenoxy) is 2. The maximum absolute atomic E-state index is 6.22. The van der Waals surface area contributed by atoms with Crippen LogP contribution in [0.3, 0.4) is 0 Å². The average molecular weight is 404 g/mol. The predicted octanol–water partition coefficient (Wildman–Crippen LogP) is 3.71. The Kier molecular flexibility index (Phi) is 5.74. The highest BCUT2D eigenvalue weighted by Gasteiger charge is 2.19. The Morgan fingerprint density at radius 2 is 1.90 bits per heavy atom. The van der Waals surface area contributed by atoms with Gasteiger partial charge in [0.2, 0.25) is 0 Å². The van der Waals surface area contributed by atoms with E-state index in [4.69, 9.17) is 20.2 Å². The summed E-state index contributed by atoms with van der Waals surface area (Å²) in [6, 6.07) is 12.3. The largest absolute Gasteiger partial charge is 0.495 e. The van der Waals surface area contributed by atoms with E-state index in [9.17, 15) is 0 Å². The van der Waals surface area contributed by atoms with Crippen molar-refractivity contribution in [3.63, 3.8) is 0 Å². The fraction of sp³-hybridized carbons (Fsp3) is 0.273. The van der Waals surface area contributed by atoms with Gasteiger partial charge in [-0.05, 0) is 18.1 Å². The lowest BCUT2D eigenvalue weighted by Crippen LogP contribution is -2.07. The molecule has 1 aromatic carbocycles. The third-order valence-corrected chi connectivity index (χ3v) is 4.72. The molecule has 8 nitrogen and oxygen atoms in total. The Balaban J connectivity index is 1.86. The van der Waals surface area contributed by atoms with Crippen LogP contribution in [-0.4, -0.2) is 38.2 Å². The molecule has 4 rings (SSSR count). The minimum Gasteiger partial charge on any atom is -0.495 e. The van der Waals surface area contributed by atoms with Crippen molar-refractivity contribution in [2.24, 2.45) is 0 Å². The van der Waals surface area contributed by atoms with Gasteiger partial charge in [0, 0.05) is 11.8 Å². The molecule has 0 aliphatic heterocycles. The molecule has 0 amide bonds. The number of imidazole rings is 1. The topological polar surface area (TPSA) is 101 Å². The van der Waals surface area contributed by atoms with E-state index in [0.717, 1.165) is 24.0 Å². The van der Waals surface area contributed by atoms with Crippen LogP contribution in [-0.2, 0) is 6.54 Å². The molecular formula is C22H24N6O2. The van der Waals surface area contributed by atoms with Crippen LogP contribution in [0.2, 0.25) is 0 Å². The first-order valence-electron chi connectivity index (χ1n) is 9.89. The molecule has 4 aromatic rings. The number of nitrogens with two attached hydrogens (primary N) is 1. The Bertz CT molecular complexity index is 1140. The van der Waals surface area contributed by atoms with Gasteiger partial charge in [0.15, 0.2) is 17.0 Å². The van der Waals surface area contributed by atoms with Gasteiger partial charge in [-0.2, -0.15) is 9.97 Å². The molecule has 0 bridgehead atoms. The predicted molar refractivity (Wildman–Crippen MR) is 115 cm³/mol. The van der Waals surface area contributed by atoms with Gasteiger partial charge in [-0.15, -0.1) is 0 Å². The van der Waals surface area contributed by atoms with Crippen molar-refractivity contribution in [1.29, 1.82) is 0 Å². The molecule has 30 heavy (non-hydrogen) atoms. The van der Waals surface area contributed by atoms with Crippen molar-refractivity contribution < 1.29 is 9.47 Å². The van der Waals surface area contributed by atoms with Crippen LogP contribution >= 0.6 is 0 Å². The van der Waals surface area contributed by atoms with E-state index in [-0.39, 0.29) is 11.8 Å². The van der Waals surface area contributed by atoms with E-state index in [2.05, 4.69) is 34.0 Å². The highest BCUT2D eigenvalue weighted by atomic mass is 16.5. The Morgan fingerprint density at radius 1 is 1.07 bits per heavy atom. The number of pyridine rings is 1. The number of fused-ring (bicyclic) bond motifs is 1. The fourth-order valence-electron chi connectivity index (χ4n) is 3.16. The van der Waals surface area contributed by atoms with E-state index in [1.807, 2.05) is 28.8 Å². The number of hydrogen-bond donors (Lipinski definition) is 1. The lowest BCUT2D eigenvalue weighted by atomic mass is 10.2. The first-order chi connectivity index (χ1) is 14.7. The van der Waals surface area contributed by atoms with Gasteiger partial charge < -0.3 is 19.8 Å². The molecule has 0 aliphatic rings. The van der Waals surface area contributed by atoms with Gasteiger partial charge >= 0.3 is 6.01 Å². The van der Waals surface area contributed by atoms with Gasteiger partial charge in [-0.25, -0.2) is 4.98 Å². The van der Waals surface area contributed by atoms with Crippen molar-refractivity contribution in [1.82, 2.24) is 24.5 Å². The molecule has 0 radical (unpaired) electrons. The molecule has 0 unspecified atom stereocenters. The third kappa shape index (κ3) is 4.03. The summed E-state index contributed by atoms with van der Waals surface area (Å²) in [6.45, 7) is 3.21. The lowest BCUT2D eigenvalue weighted by Gasteiger charge is -2.10. The normalized spacial score (nSPS) is 11.0. The number of methoxy groups -OCH3 is 1. The number of rotatable bonds is 8. The van der Waals surface area contributed by atoms with E-state index in [0.29, 0.717) is 35.9 Å². The zero-order chi connectivity index (χ0) is 20.9. The van der Waals surface area contributed by atoms with Gasteiger partial charge in [0.25, 0.3) is 0 Å². The van der Waals surface area contributed by atoms with Gasteiger partial charge in [0.05, 0.1) is 26.5 Å². The number of hydrogen-bond acceptors (Lipinski definition) is 7. The molecule has 0 atom stereocenters. The fourth-order valence-corrected chi connectivity index (χ4v) is 3.16. The van der Waals surface area contributed by atoms with Crippen molar-refractivity contribution in [2.75, 3.05) is 19.5 Å². The summed E-state index contributed by atoms with van der Waals surface area (Å²) < 4.78 is 13.1. The van der Waals surface area contributed by atoms with Crippen molar-refractivity contribution >= 4 is 17.0 Å². The second kappa shape index (κ2) is 8.77.